The van der Waals surface area contributed by atoms with Crippen molar-refractivity contribution in [3.63, 3.8) is 0 Å². The molecule has 7 heteroatoms. The van der Waals surface area contributed by atoms with Crippen LogP contribution in [-0.2, 0) is 9.59 Å². The lowest BCUT2D eigenvalue weighted by Gasteiger charge is -2.20. The SMILES string of the molecule is Cc1cccc(N2CC(C(=O)Nc3c(C)cccc3-c3nc(C(C)C)no3)CC2=O)c1C. The summed E-state index contributed by atoms with van der Waals surface area (Å²) in [6, 6.07) is 11.5. The third kappa shape index (κ3) is 4.02. The fourth-order valence-electron chi connectivity index (χ4n) is 3.96. The Morgan fingerprint density at radius 1 is 1.12 bits per heavy atom. The fraction of sp³-hybridized carbons (Fsp3) is 0.360. The predicted octanol–water partition coefficient (Wildman–Crippen LogP) is 4.78. The number of hydrogen-bond acceptors (Lipinski definition) is 5. The van der Waals surface area contributed by atoms with Crippen molar-refractivity contribution in [3.8, 4) is 11.5 Å². The molecule has 2 heterocycles. The van der Waals surface area contributed by atoms with Crippen LogP contribution in [0.5, 0.6) is 0 Å². The van der Waals surface area contributed by atoms with Gasteiger partial charge in [-0.05, 0) is 49.6 Å². The number of amides is 2. The molecule has 3 aromatic rings. The normalized spacial score (nSPS) is 16.1. The topological polar surface area (TPSA) is 88.3 Å². The minimum atomic E-state index is -0.441. The second kappa shape index (κ2) is 8.57. The molecule has 0 aliphatic carbocycles. The van der Waals surface area contributed by atoms with Crippen LogP contribution in [0.4, 0.5) is 11.4 Å². The Morgan fingerprint density at radius 3 is 2.56 bits per heavy atom. The summed E-state index contributed by atoms with van der Waals surface area (Å²) >= 11 is 0. The van der Waals surface area contributed by atoms with Gasteiger partial charge in [-0.2, -0.15) is 4.98 Å². The van der Waals surface area contributed by atoms with Crippen molar-refractivity contribution in [1.82, 2.24) is 10.1 Å². The summed E-state index contributed by atoms with van der Waals surface area (Å²) < 4.78 is 5.46. The van der Waals surface area contributed by atoms with E-state index < -0.39 is 5.92 Å². The van der Waals surface area contributed by atoms with Gasteiger partial charge in [-0.15, -0.1) is 0 Å². The first-order valence-corrected chi connectivity index (χ1v) is 10.9. The van der Waals surface area contributed by atoms with E-state index in [0.717, 1.165) is 22.4 Å². The van der Waals surface area contributed by atoms with E-state index >= 15 is 0 Å². The summed E-state index contributed by atoms with van der Waals surface area (Å²) in [5.74, 6) is 0.448. The quantitative estimate of drug-likeness (QED) is 0.627. The highest BCUT2D eigenvalue weighted by Crippen LogP contribution is 2.33. The molecule has 1 unspecified atom stereocenters. The zero-order valence-electron chi connectivity index (χ0n) is 19.1. The van der Waals surface area contributed by atoms with Crippen LogP contribution in [0.2, 0.25) is 0 Å². The van der Waals surface area contributed by atoms with Crippen molar-refractivity contribution >= 4 is 23.2 Å². The summed E-state index contributed by atoms with van der Waals surface area (Å²) in [6.07, 6.45) is 0.179. The lowest BCUT2D eigenvalue weighted by Crippen LogP contribution is -2.29. The predicted molar refractivity (Wildman–Crippen MR) is 124 cm³/mol. The maximum absolute atomic E-state index is 13.2. The standard InChI is InChI=1S/C25H28N4O3/c1-14(2)23-27-25(32-28-23)19-10-6-9-16(4)22(19)26-24(31)18-12-21(30)29(13-18)20-11-7-8-15(3)17(20)5/h6-11,14,18H,12-13H2,1-5H3,(H,26,31). The second-order valence-corrected chi connectivity index (χ2v) is 8.72. The minimum Gasteiger partial charge on any atom is -0.334 e. The first-order chi connectivity index (χ1) is 15.3. The number of anilines is 2. The number of aryl methyl sites for hydroxylation is 2. The summed E-state index contributed by atoms with van der Waals surface area (Å²) in [5.41, 5.74) is 5.24. The van der Waals surface area contributed by atoms with Crippen LogP contribution >= 0.6 is 0 Å². The number of benzene rings is 2. The van der Waals surface area contributed by atoms with Crippen molar-refractivity contribution in [1.29, 1.82) is 0 Å². The third-order valence-electron chi connectivity index (χ3n) is 6.07. The van der Waals surface area contributed by atoms with E-state index in [0.29, 0.717) is 29.5 Å². The van der Waals surface area contributed by atoms with Gasteiger partial charge in [0.05, 0.1) is 17.2 Å². The summed E-state index contributed by atoms with van der Waals surface area (Å²) in [4.78, 5) is 32.1. The molecular formula is C25H28N4O3. The number of nitrogens with one attached hydrogen (secondary N) is 1. The van der Waals surface area contributed by atoms with Crippen LogP contribution in [0, 0.1) is 26.7 Å². The Labute approximate surface area is 187 Å². The molecule has 4 rings (SSSR count). The number of rotatable bonds is 5. The molecule has 32 heavy (non-hydrogen) atoms. The zero-order valence-corrected chi connectivity index (χ0v) is 19.1. The molecule has 2 aromatic carbocycles. The van der Waals surface area contributed by atoms with Gasteiger partial charge in [0.15, 0.2) is 5.82 Å². The van der Waals surface area contributed by atoms with E-state index in [1.54, 1.807) is 4.90 Å². The molecule has 1 atom stereocenters. The molecule has 0 saturated carbocycles. The molecule has 166 valence electrons. The van der Waals surface area contributed by atoms with Crippen LogP contribution in [0.25, 0.3) is 11.5 Å². The minimum absolute atomic E-state index is 0.0395. The Bertz CT molecular complexity index is 1180. The maximum atomic E-state index is 13.2. The largest absolute Gasteiger partial charge is 0.334 e. The van der Waals surface area contributed by atoms with E-state index in [4.69, 9.17) is 4.52 Å². The molecule has 1 N–H and O–H groups in total. The van der Waals surface area contributed by atoms with Crippen LogP contribution in [0.3, 0.4) is 0 Å². The van der Waals surface area contributed by atoms with Gasteiger partial charge in [-0.3, -0.25) is 9.59 Å². The van der Waals surface area contributed by atoms with E-state index in [1.807, 2.05) is 71.0 Å². The van der Waals surface area contributed by atoms with E-state index in [1.165, 1.54) is 0 Å². The van der Waals surface area contributed by atoms with Gasteiger partial charge in [0, 0.05) is 24.6 Å². The number of aromatic nitrogens is 2. The lowest BCUT2D eigenvalue weighted by atomic mass is 10.0. The van der Waals surface area contributed by atoms with Crippen LogP contribution in [0.15, 0.2) is 40.9 Å². The molecule has 1 aliphatic heterocycles. The number of carbonyl (C=O) groups excluding carboxylic acids is 2. The monoisotopic (exact) mass is 432 g/mol. The van der Waals surface area contributed by atoms with Crippen molar-refractivity contribution in [2.45, 2.75) is 47.0 Å². The van der Waals surface area contributed by atoms with Gasteiger partial charge in [-0.1, -0.05) is 43.3 Å². The van der Waals surface area contributed by atoms with Crippen molar-refractivity contribution < 1.29 is 14.1 Å². The van der Waals surface area contributed by atoms with Crippen molar-refractivity contribution in [3.05, 3.63) is 58.9 Å². The molecule has 7 nitrogen and oxygen atoms in total. The Hall–Kier alpha value is -3.48. The Morgan fingerprint density at radius 2 is 1.84 bits per heavy atom. The maximum Gasteiger partial charge on any atom is 0.260 e. The molecule has 2 amide bonds. The van der Waals surface area contributed by atoms with Crippen LogP contribution < -0.4 is 10.2 Å². The average Bonchev–Trinajstić information content (AvgIpc) is 3.39. The molecule has 1 aromatic heterocycles. The highest BCUT2D eigenvalue weighted by molar-refractivity contribution is 6.05. The Kier molecular flexibility index (Phi) is 5.82. The van der Waals surface area contributed by atoms with Gasteiger partial charge < -0.3 is 14.7 Å². The average molecular weight is 433 g/mol. The second-order valence-electron chi connectivity index (χ2n) is 8.72. The van der Waals surface area contributed by atoms with Crippen molar-refractivity contribution in [2.24, 2.45) is 5.92 Å². The van der Waals surface area contributed by atoms with E-state index in [9.17, 15) is 9.59 Å². The number of para-hydroxylation sites is 1. The summed E-state index contributed by atoms with van der Waals surface area (Å²) in [5, 5.41) is 7.07. The summed E-state index contributed by atoms with van der Waals surface area (Å²) in [7, 11) is 0. The molecule has 0 spiro atoms. The third-order valence-corrected chi connectivity index (χ3v) is 6.07. The Balaban J connectivity index is 1.57. The number of carbonyl (C=O) groups is 2. The van der Waals surface area contributed by atoms with Crippen LogP contribution in [0.1, 0.15) is 48.7 Å². The van der Waals surface area contributed by atoms with E-state index in [-0.39, 0.29) is 24.2 Å². The van der Waals surface area contributed by atoms with Gasteiger partial charge >= 0.3 is 0 Å². The first kappa shape index (κ1) is 21.7. The van der Waals surface area contributed by atoms with Gasteiger partial charge in [0.25, 0.3) is 5.89 Å². The number of nitrogens with zero attached hydrogens (tertiary/aromatic N) is 3. The number of hydrogen-bond donors (Lipinski definition) is 1. The van der Waals surface area contributed by atoms with Gasteiger partial charge in [0.2, 0.25) is 11.8 Å². The summed E-state index contributed by atoms with van der Waals surface area (Å²) in [6.45, 7) is 10.3. The smallest absolute Gasteiger partial charge is 0.260 e. The lowest BCUT2D eigenvalue weighted by molar-refractivity contribution is -0.122. The molecule has 0 bridgehead atoms. The molecule has 1 fully saturated rings. The zero-order chi connectivity index (χ0) is 23.0. The van der Waals surface area contributed by atoms with E-state index in [2.05, 4.69) is 15.5 Å². The van der Waals surface area contributed by atoms with Crippen molar-refractivity contribution in [2.75, 3.05) is 16.8 Å². The van der Waals surface area contributed by atoms with Crippen LogP contribution in [-0.4, -0.2) is 28.5 Å². The molecular weight excluding hydrogens is 404 g/mol. The molecule has 1 aliphatic rings. The highest BCUT2D eigenvalue weighted by atomic mass is 16.5. The fourth-order valence-corrected chi connectivity index (χ4v) is 3.96. The highest BCUT2D eigenvalue weighted by Gasteiger charge is 2.36. The van der Waals surface area contributed by atoms with Gasteiger partial charge in [-0.25, -0.2) is 0 Å². The first-order valence-electron chi connectivity index (χ1n) is 10.9. The molecule has 0 radical (unpaired) electrons. The molecule has 1 saturated heterocycles. The van der Waals surface area contributed by atoms with Gasteiger partial charge in [0.1, 0.15) is 0 Å².